The molecule has 0 bridgehead atoms. The minimum absolute atomic E-state index is 0.0108. The Balaban J connectivity index is 1.80. The molecular weight excluding hydrogens is 356 g/mol. The van der Waals surface area contributed by atoms with Crippen LogP contribution in [-0.4, -0.2) is 34.9 Å². The largest absolute Gasteiger partial charge is 0.462 e. The minimum atomic E-state index is -0.750. The smallest absolute Gasteiger partial charge is 0.302 e. The second-order valence-corrected chi connectivity index (χ2v) is 10.1. The highest BCUT2D eigenvalue weighted by atomic mass is 16.5. The lowest BCUT2D eigenvalue weighted by Gasteiger charge is -2.61. The van der Waals surface area contributed by atoms with Gasteiger partial charge in [0.2, 0.25) is 0 Å². The first kappa shape index (κ1) is 19.8. The summed E-state index contributed by atoms with van der Waals surface area (Å²) in [6, 6.07) is 0. The highest BCUT2D eigenvalue weighted by Gasteiger charge is 2.65. The van der Waals surface area contributed by atoms with Crippen LogP contribution in [0, 0.1) is 34.5 Å². The number of rotatable bonds is 2. The fraction of sp³-hybridized carbons (Fsp3) is 0.783. The Morgan fingerprint density at radius 1 is 1.18 bits per heavy atom. The maximum atomic E-state index is 12.4. The lowest BCUT2D eigenvalue weighted by Crippen LogP contribution is -2.61. The zero-order valence-corrected chi connectivity index (χ0v) is 17.4. The molecule has 154 valence electrons. The number of aliphatic hydroxyl groups is 1. The van der Waals surface area contributed by atoms with Gasteiger partial charge in [-0.1, -0.05) is 19.4 Å². The number of carbonyl (C=O) groups excluding carboxylic acids is 3. The Kier molecular flexibility index (Phi) is 4.61. The van der Waals surface area contributed by atoms with Crippen LogP contribution in [0.25, 0.3) is 0 Å². The third-order valence-corrected chi connectivity index (χ3v) is 8.79. The van der Waals surface area contributed by atoms with Crippen molar-refractivity contribution in [1.82, 2.24) is 0 Å². The maximum Gasteiger partial charge on any atom is 0.302 e. The molecule has 0 saturated heterocycles. The van der Waals surface area contributed by atoms with Gasteiger partial charge in [-0.2, -0.15) is 0 Å². The van der Waals surface area contributed by atoms with E-state index in [9.17, 15) is 19.5 Å². The quantitative estimate of drug-likeness (QED) is 0.735. The van der Waals surface area contributed by atoms with Gasteiger partial charge in [-0.25, -0.2) is 0 Å². The number of carbonyl (C=O) groups is 3. The van der Waals surface area contributed by atoms with Crippen LogP contribution >= 0.6 is 0 Å². The summed E-state index contributed by atoms with van der Waals surface area (Å²) < 4.78 is 5.88. The molecule has 4 rings (SSSR count). The van der Waals surface area contributed by atoms with Crippen molar-refractivity contribution in [2.24, 2.45) is 34.5 Å². The molecule has 3 fully saturated rings. The van der Waals surface area contributed by atoms with Crippen LogP contribution in [0.2, 0.25) is 0 Å². The average molecular weight is 389 g/mol. The van der Waals surface area contributed by atoms with E-state index < -0.39 is 11.5 Å². The van der Waals surface area contributed by atoms with Crippen molar-refractivity contribution in [2.75, 3.05) is 0 Å². The van der Waals surface area contributed by atoms with Crippen molar-refractivity contribution >= 4 is 17.5 Å². The van der Waals surface area contributed by atoms with E-state index in [0.29, 0.717) is 12.3 Å². The molecule has 5 nitrogen and oxygen atoms in total. The van der Waals surface area contributed by atoms with Crippen LogP contribution in [0.4, 0.5) is 0 Å². The highest BCUT2D eigenvalue weighted by Crippen LogP contribution is 2.67. The van der Waals surface area contributed by atoms with Crippen LogP contribution in [-0.2, 0) is 19.1 Å². The molecule has 1 N–H and O–H groups in total. The van der Waals surface area contributed by atoms with Crippen molar-refractivity contribution < 1.29 is 24.2 Å². The first-order chi connectivity index (χ1) is 13.1. The summed E-state index contributed by atoms with van der Waals surface area (Å²) in [5, 5.41) is 11.0. The predicted molar refractivity (Wildman–Crippen MR) is 103 cm³/mol. The van der Waals surface area contributed by atoms with Crippen LogP contribution in [0.15, 0.2) is 11.6 Å². The van der Waals surface area contributed by atoms with Gasteiger partial charge in [0.25, 0.3) is 0 Å². The Bertz CT molecular complexity index is 754. The van der Waals surface area contributed by atoms with E-state index in [2.05, 4.69) is 13.8 Å². The number of ketones is 2. The van der Waals surface area contributed by atoms with E-state index in [-0.39, 0.29) is 53.2 Å². The van der Waals surface area contributed by atoms with Gasteiger partial charge in [-0.05, 0) is 62.4 Å². The molecule has 4 aliphatic carbocycles. The molecule has 0 aliphatic heterocycles. The summed E-state index contributed by atoms with van der Waals surface area (Å²) in [4.78, 5) is 36.4. The lowest BCUT2D eigenvalue weighted by atomic mass is 9.45. The van der Waals surface area contributed by atoms with Gasteiger partial charge in [0.15, 0.2) is 5.78 Å². The van der Waals surface area contributed by atoms with Gasteiger partial charge >= 0.3 is 5.97 Å². The van der Waals surface area contributed by atoms with E-state index in [1.165, 1.54) is 6.92 Å². The molecular formula is C23H32O5. The fourth-order valence-electron chi connectivity index (χ4n) is 7.68. The Morgan fingerprint density at radius 3 is 2.54 bits per heavy atom. The molecule has 0 aromatic heterocycles. The van der Waals surface area contributed by atoms with Gasteiger partial charge in [-0.3, -0.25) is 14.4 Å². The molecule has 2 unspecified atom stereocenters. The third-order valence-electron chi connectivity index (χ3n) is 8.79. The number of hydrogen-bond acceptors (Lipinski definition) is 5. The topological polar surface area (TPSA) is 80.7 Å². The fourth-order valence-corrected chi connectivity index (χ4v) is 7.68. The SMILES string of the molecule is CC(=O)OC1C[C@]2(C)[C@@H](C(C)=O)CC[C@H]2[C@@H]2CCC3=CC(=O)CC(O)[C@]3(C)[C@@H]12. The molecule has 28 heavy (non-hydrogen) atoms. The zero-order chi connectivity index (χ0) is 20.4. The zero-order valence-electron chi connectivity index (χ0n) is 17.4. The lowest BCUT2D eigenvalue weighted by molar-refractivity contribution is -0.185. The van der Waals surface area contributed by atoms with Crippen molar-refractivity contribution in [3.05, 3.63) is 11.6 Å². The van der Waals surface area contributed by atoms with E-state index in [4.69, 9.17) is 4.74 Å². The molecule has 0 amide bonds. The minimum Gasteiger partial charge on any atom is -0.462 e. The van der Waals surface area contributed by atoms with Gasteiger partial charge in [-0.15, -0.1) is 0 Å². The first-order valence-corrected chi connectivity index (χ1v) is 10.7. The summed E-state index contributed by atoms with van der Waals surface area (Å²) >= 11 is 0. The van der Waals surface area contributed by atoms with Gasteiger partial charge in [0.1, 0.15) is 11.9 Å². The Labute approximate surface area is 166 Å². The monoisotopic (exact) mass is 388 g/mol. The van der Waals surface area contributed by atoms with Crippen LogP contribution in [0.3, 0.4) is 0 Å². The van der Waals surface area contributed by atoms with Crippen molar-refractivity contribution in [3.63, 3.8) is 0 Å². The number of aliphatic hydroxyl groups excluding tert-OH is 1. The Morgan fingerprint density at radius 2 is 1.89 bits per heavy atom. The summed E-state index contributed by atoms with van der Waals surface area (Å²) in [6.45, 7) is 7.38. The van der Waals surface area contributed by atoms with Crippen molar-refractivity contribution in [3.8, 4) is 0 Å². The number of Topliss-reactive ketones (excluding diaryl/α,β-unsaturated/α-hetero) is 1. The molecule has 0 heterocycles. The first-order valence-electron chi connectivity index (χ1n) is 10.7. The number of hydrogen-bond donors (Lipinski definition) is 1. The number of fused-ring (bicyclic) bond motifs is 5. The van der Waals surface area contributed by atoms with Crippen molar-refractivity contribution in [2.45, 2.75) is 78.4 Å². The van der Waals surface area contributed by atoms with E-state index >= 15 is 0 Å². The van der Waals surface area contributed by atoms with Crippen LogP contribution in [0.5, 0.6) is 0 Å². The second-order valence-electron chi connectivity index (χ2n) is 10.1. The Hall–Kier alpha value is -1.49. The summed E-state index contributed by atoms with van der Waals surface area (Å²) in [7, 11) is 0. The average Bonchev–Trinajstić information content (AvgIpc) is 2.92. The predicted octanol–water partition coefficient (Wildman–Crippen LogP) is 3.24. The maximum absolute atomic E-state index is 12.4. The molecule has 3 saturated carbocycles. The molecule has 0 aromatic carbocycles. The summed E-state index contributed by atoms with van der Waals surface area (Å²) in [5.74, 6) is 0.585. The van der Waals surface area contributed by atoms with E-state index in [1.54, 1.807) is 13.0 Å². The van der Waals surface area contributed by atoms with Gasteiger partial charge in [0.05, 0.1) is 6.10 Å². The van der Waals surface area contributed by atoms with Gasteiger partial charge < -0.3 is 9.84 Å². The summed E-state index contributed by atoms with van der Waals surface area (Å²) in [5.41, 5.74) is 0.298. The molecule has 0 radical (unpaired) electrons. The van der Waals surface area contributed by atoms with Gasteiger partial charge in [0, 0.05) is 30.6 Å². The summed E-state index contributed by atoms with van der Waals surface area (Å²) in [6.07, 6.45) is 5.07. The molecule has 4 aliphatic rings. The van der Waals surface area contributed by atoms with Crippen LogP contribution < -0.4 is 0 Å². The molecule has 5 heteroatoms. The number of esters is 1. The van der Waals surface area contributed by atoms with Crippen LogP contribution in [0.1, 0.15) is 66.2 Å². The van der Waals surface area contributed by atoms with Crippen molar-refractivity contribution in [1.29, 1.82) is 0 Å². The standard InChI is InChI=1S/C23H32O5/c1-12(24)17-7-8-18-16-6-5-14-9-15(26)10-20(27)23(14,4)21(16)19(28-13(2)25)11-22(17,18)3/h9,16-21,27H,5-8,10-11H2,1-4H3/t16-,17+,18-,19?,20?,21+,22+,23+/m0/s1. The number of ether oxygens (including phenoxy) is 1. The second kappa shape index (κ2) is 6.51. The molecule has 0 spiro atoms. The third kappa shape index (κ3) is 2.65. The molecule has 0 aromatic rings. The highest BCUT2D eigenvalue weighted by molar-refractivity contribution is 5.92. The normalized spacial score (nSPS) is 47.5. The molecule has 8 atom stereocenters. The van der Waals surface area contributed by atoms with E-state index in [1.807, 2.05) is 0 Å². The van der Waals surface area contributed by atoms with E-state index in [0.717, 1.165) is 31.3 Å².